The van der Waals surface area contributed by atoms with Gasteiger partial charge in [-0.15, -0.1) is 0 Å². The lowest BCUT2D eigenvalue weighted by Gasteiger charge is -2.09. The molecule has 1 aromatic heterocycles. The Morgan fingerprint density at radius 1 is 1.45 bits per heavy atom. The second-order valence-electron chi connectivity index (χ2n) is 4.50. The van der Waals surface area contributed by atoms with Crippen LogP contribution in [0.1, 0.15) is 12.0 Å². The highest BCUT2D eigenvalue weighted by molar-refractivity contribution is 6.31. The van der Waals surface area contributed by atoms with Crippen molar-refractivity contribution in [2.45, 2.75) is 19.9 Å². The summed E-state index contributed by atoms with van der Waals surface area (Å²) >= 11 is 6.00. The Hall–Kier alpha value is -2.01. The number of rotatable bonds is 5. The highest BCUT2D eigenvalue weighted by atomic mass is 35.5. The Morgan fingerprint density at radius 2 is 2.30 bits per heavy atom. The zero-order valence-electron chi connectivity index (χ0n) is 11.3. The van der Waals surface area contributed by atoms with Gasteiger partial charge < -0.3 is 15.2 Å². The van der Waals surface area contributed by atoms with Gasteiger partial charge in [-0.3, -0.25) is 0 Å². The predicted octanol–water partition coefficient (Wildman–Crippen LogP) is 3.06. The maximum Gasteiger partial charge on any atom is 0.319 e. The first-order valence-electron chi connectivity index (χ1n) is 6.42. The third-order valence-electron chi connectivity index (χ3n) is 2.87. The number of anilines is 1. The second-order valence-corrected chi connectivity index (χ2v) is 4.91. The normalized spacial score (nSPS) is 10.3. The van der Waals surface area contributed by atoms with Gasteiger partial charge in [0.05, 0.1) is 6.33 Å². The van der Waals surface area contributed by atoms with Crippen molar-refractivity contribution in [2.24, 2.45) is 0 Å². The van der Waals surface area contributed by atoms with Gasteiger partial charge in [0, 0.05) is 36.2 Å². The van der Waals surface area contributed by atoms with Crippen LogP contribution < -0.4 is 10.6 Å². The summed E-state index contributed by atoms with van der Waals surface area (Å²) in [5, 5.41) is 6.19. The van der Waals surface area contributed by atoms with E-state index in [4.69, 9.17) is 11.6 Å². The Bertz CT molecular complexity index is 569. The Kier molecular flexibility index (Phi) is 5.01. The van der Waals surface area contributed by atoms with Crippen LogP contribution in [0.15, 0.2) is 36.9 Å². The number of imidazole rings is 1. The zero-order chi connectivity index (χ0) is 14.4. The van der Waals surface area contributed by atoms with Crippen molar-refractivity contribution in [3.05, 3.63) is 47.5 Å². The number of halogens is 1. The van der Waals surface area contributed by atoms with Crippen LogP contribution in [0.5, 0.6) is 0 Å². The SMILES string of the molecule is Cc1ccc(NC(=O)NCCCn2ccnc2)cc1Cl. The molecule has 106 valence electrons. The van der Waals surface area contributed by atoms with Crippen LogP contribution in [0.4, 0.5) is 10.5 Å². The molecule has 0 aliphatic heterocycles. The third kappa shape index (κ3) is 4.28. The van der Waals surface area contributed by atoms with Crippen LogP contribution in [0.3, 0.4) is 0 Å². The molecule has 0 aliphatic rings. The average molecular weight is 293 g/mol. The standard InChI is InChI=1S/C14H17ClN4O/c1-11-3-4-12(9-13(11)15)18-14(20)17-5-2-7-19-8-6-16-10-19/h3-4,6,8-10H,2,5,7H2,1H3,(H2,17,18,20). The van der Waals surface area contributed by atoms with Gasteiger partial charge in [0.1, 0.15) is 0 Å². The predicted molar refractivity (Wildman–Crippen MR) is 80.1 cm³/mol. The summed E-state index contributed by atoms with van der Waals surface area (Å²) in [6, 6.07) is 5.21. The molecule has 2 aromatic rings. The van der Waals surface area contributed by atoms with Gasteiger partial charge in [-0.1, -0.05) is 17.7 Å². The van der Waals surface area contributed by atoms with E-state index in [9.17, 15) is 4.79 Å². The fraction of sp³-hybridized carbons (Fsp3) is 0.286. The van der Waals surface area contributed by atoms with Crippen molar-refractivity contribution in [1.29, 1.82) is 0 Å². The number of amides is 2. The number of carbonyl (C=O) groups excluding carboxylic acids is 1. The maximum absolute atomic E-state index is 11.7. The van der Waals surface area contributed by atoms with Gasteiger partial charge >= 0.3 is 6.03 Å². The first-order valence-corrected chi connectivity index (χ1v) is 6.80. The van der Waals surface area contributed by atoms with Crippen molar-refractivity contribution in [1.82, 2.24) is 14.9 Å². The maximum atomic E-state index is 11.7. The van der Waals surface area contributed by atoms with E-state index in [0.29, 0.717) is 17.3 Å². The quantitative estimate of drug-likeness (QED) is 0.832. The summed E-state index contributed by atoms with van der Waals surface area (Å²) in [5.74, 6) is 0. The first-order chi connectivity index (χ1) is 9.65. The number of urea groups is 1. The molecule has 2 amide bonds. The number of aromatic nitrogens is 2. The van der Waals surface area contributed by atoms with Crippen LogP contribution in [-0.4, -0.2) is 22.1 Å². The molecule has 1 aromatic carbocycles. The number of benzene rings is 1. The fourth-order valence-electron chi connectivity index (χ4n) is 1.73. The highest BCUT2D eigenvalue weighted by Gasteiger charge is 2.02. The molecule has 0 unspecified atom stereocenters. The monoisotopic (exact) mass is 292 g/mol. The summed E-state index contributed by atoms with van der Waals surface area (Å²) in [7, 11) is 0. The van der Waals surface area contributed by atoms with E-state index in [1.807, 2.05) is 29.8 Å². The van der Waals surface area contributed by atoms with Crippen LogP contribution in [0.2, 0.25) is 5.02 Å². The van der Waals surface area contributed by atoms with Crippen molar-refractivity contribution >= 4 is 23.3 Å². The van der Waals surface area contributed by atoms with E-state index in [1.54, 1.807) is 18.6 Å². The van der Waals surface area contributed by atoms with E-state index in [2.05, 4.69) is 15.6 Å². The minimum absolute atomic E-state index is 0.226. The summed E-state index contributed by atoms with van der Waals surface area (Å²) < 4.78 is 1.97. The molecule has 2 N–H and O–H groups in total. The lowest BCUT2D eigenvalue weighted by atomic mass is 10.2. The van der Waals surface area contributed by atoms with Gasteiger partial charge in [0.2, 0.25) is 0 Å². The number of carbonyl (C=O) groups is 1. The molecule has 0 saturated carbocycles. The van der Waals surface area contributed by atoms with E-state index in [-0.39, 0.29) is 6.03 Å². The minimum Gasteiger partial charge on any atom is -0.338 e. The molecule has 6 heteroatoms. The number of hydrogen-bond acceptors (Lipinski definition) is 2. The molecular formula is C14H17ClN4O. The van der Waals surface area contributed by atoms with Crippen molar-refractivity contribution in [3.8, 4) is 0 Å². The van der Waals surface area contributed by atoms with Crippen LogP contribution in [-0.2, 0) is 6.54 Å². The Balaban J connectivity index is 1.71. The zero-order valence-corrected chi connectivity index (χ0v) is 12.0. The fourth-order valence-corrected chi connectivity index (χ4v) is 1.91. The van der Waals surface area contributed by atoms with E-state index in [1.165, 1.54) is 0 Å². The van der Waals surface area contributed by atoms with E-state index >= 15 is 0 Å². The summed E-state index contributed by atoms with van der Waals surface area (Å²) in [4.78, 5) is 15.6. The van der Waals surface area contributed by atoms with Crippen LogP contribution >= 0.6 is 11.6 Å². The number of hydrogen-bond donors (Lipinski definition) is 2. The molecule has 0 fully saturated rings. The van der Waals surface area contributed by atoms with Gasteiger partial charge in [-0.2, -0.15) is 0 Å². The van der Waals surface area contributed by atoms with Crippen molar-refractivity contribution in [2.75, 3.05) is 11.9 Å². The van der Waals surface area contributed by atoms with Crippen LogP contribution in [0.25, 0.3) is 0 Å². The lowest BCUT2D eigenvalue weighted by Crippen LogP contribution is -2.30. The molecule has 20 heavy (non-hydrogen) atoms. The summed E-state index contributed by atoms with van der Waals surface area (Å²) in [6.07, 6.45) is 6.24. The molecule has 0 radical (unpaired) electrons. The van der Waals surface area contributed by atoms with E-state index in [0.717, 1.165) is 18.5 Å². The largest absolute Gasteiger partial charge is 0.338 e. The number of aryl methyl sites for hydroxylation is 2. The third-order valence-corrected chi connectivity index (χ3v) is 3.27. The van der Waals surface area contributed by atoms with Gasteiger partial charge in [0.25, 0.3) is 0 Å². The number of nitrogens with zero attached hydrogens (tertiary/aromatic N) is 2. The molecule has 0 atom stereocenters. The molecule has 0 aliphatic carbocycles. The Labute approximate surface area is 123 Å². The van der Waals surface area contributed by atoms with Crippen LogP contribution in [0, 0.1) is 6.92 Å². The smallest absolute Gasteiger partial charge is 0.319 e. The Morgan fingerprint density at radius 3 is 3.00 bits per heavy atom. The summed E-state index contributed by atoms with van der Waals surface area (Å²) in [6.45, 7) is 3.35. The summed E-state index contributed by atoms with van der Waals surface area (Å²) in [5.41, 5.74) is 1.67. The molecule has 0 bridgehead atoms. The molecular weight excluding hydrogens is 276 g/mol. The molecule has 0 spiro atoms. The topological polar surface area (TPSA) is 59.0 Å². The highest BCUT2D eigenvalue weighted by Crippen LogP contribution is 2.19. The first kappa shape index (κ1) is 14.4. The molecule has 5 nitrogen and oxygen atoms in total. The lowest BCUT2D eigenvalue weighted by molar-refractivity contribution is 0.252. The van der Waals surface area contributed by atoms with Gasteiger partial charge in [-0.05, 0) is 31.0 Å². The molecule has 2 rings (SSSR count). The van der Waals surface area contributed by atoms with Crippen molar-refractivity contribution < 1.29 is 4.79 Å². The van der Waals surface area contributed by atoms with Gasteiger partial charge in [0.15, 0.2) is 0 Å². The average Bonchev–Trinajstić information content (AvgIpc) is 2.92. The number of nitrogens with one attached hydrogen (secondary N) is 2. The van der Waals surface area contributed by atoms with Crippen molar-refractivity contribution in [3.63, 3.8) is 0 Å². The molecule has 1 heterocycles. The molecule has 0 saturated heterocycles. The van der Waals surface area contributed by atoms with E-state index < -0.39 is 0 Å². The van der Waals surface area contributed by atoms with Gasteiger partial charge in [-0.25, -0.2) is 9.78 Å². The second kappa shape index (κ2) is 6.96. The minimum atomic E-state index is -0.226.